The fourth-order valence-corrected chi connectivity index (χ4v) is 5.08. The Labute approximate surface area is 113 Å². The van der Waals surface area contributed by atoms with E-state index in [0.29, 0.717) is 17.4 Å². The van der Waals surface area contributed by atoms with Crippen LogP contribution >= 0.6 is 11.3 Å². The molecule has 1 heterocycles. The molecule has 0 bridgehead atoms. The zero-order chi connectivity index (χ0) is 13.4. The molecule has 0 spiro atoms. The molecule has 0 unspecified atom stereocenters. The van der Waals surface area contributed by atoms with Crippen LogP contribution in [0.25, 0.3) is 0 Å². The first-order valence-electron chi connectivity index (χ1n) is 6.12. The maximum absolute atomic E-state index is 12.4. The molecule has 2 N–H and O–H groups in total. The Bertz CT molecular complexity index is 516. The first kappa shape index (κ1) is 14.0. The first-order chi connectivity index (χ1) is 8.37. The van der Waals surface area contributed by atoms with E-state index in [4.69, 9.17) is 0 Å². The lowest BCUT2D eigenvalue weighted by Gasteiger charge is -2.25. The minimum absolute atomic E-state index is 0.350. The van der Waals surface area contributed by atoms with Gasteiger partial charge in [0.1, 0.15) is 0 Å². The summed E-state index contributed by atoms with van der Waals surface area (Å²) >= 11 is 1.47. The molecule has 0 aliphatic heterocycles. The quantitative estimate of drug-likeness (QED) is 0.841. The molecule has 1 aromatic heterocycles. The molecular formula is C12H20N2O2S2. The number of sulfonamides is 1. The van der Waals surface area contributed by atoms with Crippen LogP contribution in [0.1, 0.15) is 31.6 Å². The number of hydrogen-bond donors (Lipinski definition) is 2. The van der Waals surface area contributed by atoms with E-state index in [1.807, 2.05) is 26.3 Å². The summed E-state index contributed by atoms with van der Waals surface area (Å²) in [5, 5.41) is 4.82. The van der Waals surface area contributed by atoms with Crippen molar-refractivity contribution in [3.05, 3.63) is 16.3 Å². The third-order valence-electron chi connectivity index (χ3n) is 3.33. The summed E-state index contributed by atoms with van der Waals surface area (Å²) in [6.45, 7) is 4.51. The van der Waals surface area contributed by atoms with Gasteiger partial charge in [0, 0.05) is 17.0 Å². The van der Waals surface area contributed by atoms with E-state index < -0.39 is 10.0 Å². The summed E-state index contributed by atoms with van der Waals surface area (Å²) in [4.78, 5) is 1.27. The highest BCUT2D eigenvalue weighted by Gasteiger charge is 2.41. The average Bonchev–Trinajstić information content (AvgIpc) is 2.99. The summed E-state index contributed by atoms with van der Waals surface area (Å²) in [6, 6.07) is 1.68. The highest BCUT2D eigenvalue weighted by molar-refractivity contribution is 7.89. The van der Waals surface area contributed by atoms with Crippen LogP contribution in [-0.4, -0.2) is 21.0 Å². The second-order valence-electron chi connectivity index (χ2n) is 5.34. The van der Waals surface area contributed by atoms with Crippen LogP contribution < -0.4 is 10.0 Å². The Morgan fingerprint density at radius 2 is 2.11 bits per heavy atom. The molecule has 0 atom stereocenters. The van der Waals surface area contributed by atoms with E-state index in [1.54, 1.807) is 6.07 Å². The van der Waals surface area contributed by atoms with E-state index in [1.165, 1.54) is 11.3 Å². The molecule has 0 aromatic carbocycles. The van der Waals surface area contributed by atoms with Gasteiger partial charge in [0.05, 0.1) is 4.90 Å². The highest BCUT2D eigenvalue weighted by atomic mass is 32.2. The summed E-state index contributed by atoms with van der Waals surface area (Å²) < 4.78 is 27.7. The first-order valence-corrected chi connectivity index (χ1v) is 8.48. The van der Waals surface area contributed by atoms with Gasteiger partial charge in [-0.1, -0.05) is 0 Å². The maximum Gasteiger partial charge on any atom is 0.242 e. The Balaban J connectivity index is 2.22. The number of hydrogen-bond acceptors (Lipinski definition) is 4. The zero-order valence-corrected chi connectivity index (χ0v) is 12.6. The number of thiophene rings is 1. The van der Waals surface area contributed by atoms with Crippen molar-refractivity contribution in [1.29, 1.82) is 0 Å². The Morgan fingerprint density at radius 3 is 2.67 bits per heavy atom. The molecule has 1 aliphatic rings. The number of nitrogens with one attached hydrogen (secondary N) is 2. The van der Waals surface area contributed by atoms with Gasteiger partial charge in [0.15, 0.2) is 0 Å². The molecule has 1 fully saturated rings. The summed E-state index contributed by atoms with van der Waals surface area (Å²) in [5.41, 5.74) is -0.350. The summed E-state index contributed by atoms with van der Waals surface area (Å²) in [7, 11) is -1.59. The van der Waals surface area contributed by atoms with Crippen molar-refractivity contribution in [2.75, 3.05) is 7.05 Å². The molecule has 18 heavy (non-hydrogen) atoms. The van der Waals surface area contributed by atoms with E-state index in [2.05, 4.69) is 10.0 Å². The Hall–Kier alpha value is -0.430. The van der Waals surface area contributed by atoms with Crippen LogP contribution in [0.3, 0.4) is 0 Å². The second kappa shape index (κ2) is 4.92. The standard InChI is InChI=1S/C12H20N2O2S2/c1-12(2,9-4-5-9)14-18(15,16)11-6-7-17-10(11)8-13-3/h6-7,9,13-14H,4-5,8H2,1-3H3. The van der Waals surface area contributed by atoms with Crippen molar-refractivity contribution >= 4 is 21.4 Å². The van der Waals surface area contributed by atoms with Crippen LogP contribution in [0, 0.1) is 5.92 Å². The van der Waals surface area contributed by atoms with Gasteiger partial charge in [0.25, 0.3) is 0 Å². The predicted octanol–water partition coefficient (Wildman–Crippen LogP) is 1.93. The molecule has 102 valence electrons. The van der Waals surface area contributed by atoms with Crippen molar-refractivity contribution in [1.82, 2.24) is 10.0 Å². The topological polar surface area (TPSA) is 58.2 Å². The Kier molecular flexibility index (Phi) is 3.82. The van der Waals surface area contributed by atoms with Crippen LogP contribution in [-0.2, 0) is 16.6 Å². The third-order valence-corrected chi connectivity index (χ3v) is 6.13. The fraction of sp³-hybridized carbons (Fsp3) is 0.667. The lowest BCUT2D eigenvalue weighted by atomic mass is 10.0. The molecule has 0 saturated heterocycles. The van der Waals surface area contributed by atoms with Gasteiger partial charge in [-0.25, -0.2) is 13.1 Å². The minimum Gasteiger partial charge on any atom is -0.315 e. The SMILES string of the molecule is CNCc1sccc1S(=O)(=O)NC(C)(C)C1CC1. The van der Waals surface area contributed by atoms with Gasteiger partial charge in [-0.15, -0.1) is 11.3 Å². The lowest BCUT2D eigenvalue weighted by Crippen LogP contribution is -2.45. The van der Waals surface area contributed by atoms with E-state index in [9.17, 15) is 8.42 Å². The molecule has 6 heteroatoms. The Morgan fingerprint density at radius 1 is 1.44 bits per heavy atom. The van der Waals surface area contributed by atoms with Crippen LogP contribution in [0.5, 0.6) is 0 Å². The molecule has 1 aromatic rings. The van der Waals surface area contributed by atoms with Crippen molar-refractivity contribution in [2.24, 2.45) is 5.92 Å². The molecule has 0 radical (unpaired) electrons. The van der Waals surface area contributed by atoms with Gasteiger partial charge in [-0.05, 0) is 51.1 Å². The second-order valence-corrected chi connectivity index (χ2v) is 7.99. The molecule has 1 saturated carbocycles. The van der Waals surface area contributed by atoms with Crippen LogP contribution in [0.2, 0.25) is 0 Å². The van der Waals surface area contributed by atoms with E-state index >= 15 is 0 Å². The zero-order valence-electron chi connectivity index (χ0n) is 11.0. The minimum atomic E-state index is -3.41. The van der Waals surface area contributed by atoms with Gasteiger partial charge >= 0.3 is 0 Å². The monoisotopic (exact) mass is 288 g/mol. The molecule has 2 rings (SSSR count). The third kappa shape index (κ3) is 2.93. The molecular weight excluding hydrogens is 268 g/mol. The highest BCUT2D eigenvalue weighted by Crippen LogP contribution is 2.40. The van der Waals surface area contributed by atoms with Crippen molar-refractivity contribution in [2.45, 2.75) is 43.7 Å². The molecule has 0 amide bonds. The maximum atomic E-state index is 12.4. The smallest absolute Gasteiger partial charge is 0.242 e. The van der Waals surface area contributed by atoms with E-state index in [-0.39, 0.29) is 5.54 Å². The van der Waals surface area contributed by atoms with Gasteiger partial charge < -0.3 is 5.32 Å². The van der Waals surface area contributed by atoms with Gasteiger partial charge in [0.2, 0.25) is 10.0 Å². The lowest BCUT2D eigenvalue weighted by molar-refractivity contribution is 0.400. The predicted molar refractivity (Wildman–Crippen MR) is 74.2 cm³/mol. The fourth-order valence-electron chi connectivity index (χ4n) is 2.15. The van der Waals surface area contributed by atoms with Gasteiger partial charge in [-0.3, -0.25) is 0 Å². The van der Waals surface area contributed by atoms with Crippen LogP contribution in [0.15, 0.2) is 16.3 Å². The summed E-state index contributed by atoms with van der Waals surface area (Å²) in [6.07, 6.45) is 2.23. The van der Waals surface area contributed by atoms with Crippen molar-refractivity contribution in [3.8, 4) is 0 Å². The van der Waals surface area contributed by atoms with E-state index in [0.717, 1.165) is 17.7 Å². The molecule has 4 nitrogen and oxygen atoms in total. The van der Waals surface area contributed by atoms with Crippen LogP contribution in [0.4, 0.5) is 0 Å². The normalized spacial score (nSPS) is 17.1. The average molecular weight is 288 g/mol. The van der Waals surface area contributed by atoms with Crippen molar-refractivity contribution < 1.29 is 8.42 Å². The summed E-state index contributed by atoms with van der Waals surface area (Å²) in [5.74, 6) is 0.471. The molecule has 1 aliphatic carbocycles. The largest absolute Gasteiger partial charge is 0.315 e. The van der Waals surface area contributed by atoms with Gasteiger partial charge in [-0.2, -0.15) is 0 Å². The van der Waals surface area contributed by atoms with Crippen molar-refractivity contribution in [3.63, 3.8) is 0 Å². The number of rotatable bonds is 6.